The Hall–Kier alpha value is -1.000. The van der Waals surface area contributed by atoms with Gasteiger partial charge in [0.15, 0.2) is 0 Å². The van der Waals surface area contributed by atoms with Crippen LogP contribution in [0, 0.1) is 17.8 Å². The van der Waals surface area contributed by atoms with Crippen LogP contribution in [0.25, 0.3) is 5.57 Å². The molecule has 0 aliphatic heterocycles. The van der Waals surface area contributed by atoms with Crippen LogP contribution in [0.2, 0.25) is 0 Å². The van der Waals surface area contributed by atoms with Crippen molar-refractivity contribution in [1.29, 1.82) is 0 Å². The van der Waals surface area contributed by atoms with Gasteiger partial charge in [-0.15, -0.1) is 0 Å². The summed E-state index contributed by atoms with van der Waals surface area (Å²) in [7, 11) is 0. The van der Waals surface area contributed by atoms with Crippen LogP contribution in [0.4, 0.5) is 0 Å². The van der Waals surface area contributed by atoms with Crippen molar-refractivity contribution in [2.24, 2.45) is 5.92 Å². The van der Waals surface area contributed by atoms with E-state index in [0.717, 1.165) is 15.6 Å². The summed E-state index contributed by atoms with van der Waals surface area (Å²) in [6.45, 7) is 8.08. The Bertz CT molecular complexity index is 374. The number of hydrogen-bond acceptors (Lipinski definition) is 0. The lowest BCUT2D eigenvalue weighted by Gasteiger charge is -1.98. The molecular weight excluding hydrogens is 236 g/mol. The van der Waals surface area contributed by atoms with E-state index in [-0.39, 0.29) is 0 Å². The van der Waals surface area contributed by atoms with Crippen molar-refractivity contribution in [3.8, 4) is 11.8 Å². The van der Waals surface area contributed by atoms with Crippen molar-refractivity contribution in [3.63, 3.8) is 0 Å². The highest BCUT2D eigenvalue weighted by Gasteiger charge is 1.94. The van der Waals surface area contributed by atoms with Crippen LogP contribution in [0.1, 0.15) is 19.4 Å². The van der Waals surface area contributed by atoms with E-state index in [1.807, 2.05) is 24.3 Å². The molecule has 0 aliphatic carbocycles. The molecule has 1 aromatic carbocycles. The van der Waals surface area contributed by atoms with Crippen LogP contribution in [-0.2, 0) is 0 Å². The van der Waals surface area contributed by atoms with Crippen LogP contribution in [-0.4, -0.2) is 0 Å². The average Bonchev–Trinajstić information content (AvgIpc) is 2.15. The van der Waals surface area contributed by atoms with Crippen LogP contribution in [0.3, 0.4) is 0 Å². The van der Waals surface area contributed by atoms with Gasteiger partial charge in [-0.05, 0) is 17.7 Å². The van der Waals surface area contributed by atoms with Gasteiger partial charge in [0, 0.05) is 16.0 Å². The second-order valence-corrected chi connectivity index (χ2v) is 4.33. The Morgan fingerprint density at radius 2 is 1.86 bits per heavy atom. The lowest BCUT2D eigenvalue weighted by atomic mass is 10.1. The van der Waals surface area contributed by atoms with Crippen molar-refractivity contribution in [2.45, 2.75) is 13.8 Å². The molecule has 0 amide bonds. The molecule has 0 spiro atoms. The molecule has 0 heterocycles. The third-order valence-electron chi connectivity index (χ3n) is 1.70. The minimum Gasteiger partial charge on any atom is -0.0951 e. The Morgan fingerprint density at radius 3 is 2.36 bits per heavy atom. The summed E-state index contributed by atoms with van der Waals surface area (Å²) in [6, 6.07) is 8.03. The summed E-state index contributed by atoms with van der Waals surface area (Å²) in [4.78, 5) is 0. The average molecular weight is 249 g/mol. The molecule has 0 atom stereocenters. The summed E-state index contributed by atoms with van der Waals surface area (Å²) < 4.78 is 1.07. The summed E-state index contributed by atoms with van der Waals surface area (Å²) in [5, 5.41) is 0. The van der Waals surface area contributed by atoms with Gasteiger partial charge in [0.05, 0.1) is 0 Å². The van der Waals surface area contributed by atoms with E-state index in [1.54, 1.807) is 0 Å². The van der Waals surface area contributed by atoms with E-state index in [4.69, 9.17) is 0 Å². The Morgan fingerprint density at radius 1 is 1.29 bits per heavy atom. The second kappa shape index (κ2) is 5.02. The molecule has 0 fully saturated rings. The molecule has 1 heteroatoms. The molecule has 14 heavy (non-hydrogen) atoms. The molecule has 0 aliphatic rings. The highest BCUT2D eigenvalue weighted by atomic mass is 79.9. The van der Waals surface area contributed by atoms with Gasteiger partial charge < -0.3 is 0 Å². The molecule has 1 aromatic rings. The molecule has 0 nitrogen and oxygen atoms in total. The fourth-order valence-corrected chi connectivity index (χ4v) is 1.22. The maximum Gasteiger partial charge on any atom is 0.0245 e. The van der Waals surface area contributed by atoms with Gasteiger partial charge >= 0.3 is 0 Å². The lowest BCUT2D eigenvalue weighted by molar-refractivity contribution is 0.867. The highest BCUT2D eigenvalue weighted by molar-refractivity contribution is 9.10. The smallest absolute Gasteiger partial charge is 0.0245 e. The van der Waals surface area contributed by atoms with E-state index >= 15 is 0 Å². The van der Waals surface area contributed by atoms with Crippen molar-refractivity contribution >= 4 is 21.5 Å². The quantitative estimate of drug-likeness (QED) is 0.656. The largest absolute Gasteiger partial charge is 0.0951 e. The topological polar surface area (TPSA) is 0 Å². The Balaban J connectivity index is 2.82. The lowest BCUT2D eigenvalue weighted by Crippen LogP contribution is -1.81. The van der Waals surface area contributed by atoms with Crippen molar-refractivity contribution < 1.29 is 0 Å². The maximum atomic E-state index is 3.94. The Labute approximate surface area is 94.2 Å². The van der Waals surface area contributed by atoms with Crippen LogP contribution in [0.5, 0.6) is 0 Å². The summed E-state index contributed by atoms with van der Waals surface area (Å²) in [5.74, 6) is 6.55. The van der Waals surface area contributed by atoms with Gasteiger partial charge in [-0.3, -0.25) is 0 Å². The molecule has 0 saturated heterocycles. The maximum absolute atomic E-state index is 3.94. The predicted octanol–water partition coefficient (Wildman–Crippen LogP) is 4.12. The zero-order valence-corrected chi connectivity index (χ0v) is 10.1. The minimum atomic E-state index is 0.391. The molecule has 0 saturated carbocycles. The van der Waals surface area contributed by atoms with Gasteiger partial charge in [-0.25, -0.2) is 0 Å². The number of benzene rings is 1. The van der Waals surface area contributed by atoms with Crippen molar-refractivity contribution in [3.05, 3.63) is 40.9 Å². The van der Waals surface area contributed by atoms with Crippen LogP contribution in [0.15, 0.2) is 35.3 Å². The fourth-order valence-electron chi connectivity index (χ4n) is 0.955. The first-order chi connectivity index (χ1) is 6.59. The molecule has 0 unspecified atom stereocenters. The highest BCUT2D eigenvalue weighted by Crippen LogP contribution is 2.15. The molecule has 0 bridgehead atoms. The monoisotopic (exact) mass is 248 g/mol. The zero-order chi connectivity index (χ0) is 10.6. The van der Waals surface area contributed by atoms with Gasteiger partial charge in [-0.1, -0.05) is 60.3 Å². The van der Waals surface area contributed by atoms with E-state index < -0.39 is 0 Å². The van der Waals surface area contributed by atoms with Crippen molar-refractivity contribution in [1.82, 2.24) is 0 Å². The number of hydrogen-bond donors (Lipinski definition) is 0. The van der Waals surface area contributed by atoms with E-state index in [0.29, 0.717) is 5.92 Å². The summed E-state index contributed by atoms with van der Waals surface area (Å²) in [6.07, 6.45) is 0. The first-order valence-electron chi connectivity index (χ1n) is 4.56. The molecule has 0 N–H and O–H groups in total. The summed E-state index contributed by atoms with van der Waals surface area (Å²) >= 11 is 3.39. The minimum absolute atomic E-state index is 0.391. The van der Waals surface area contributed by atoms with Gasteiger partial charge in [0.2, 0.25) is 0 Å². The molecule has 0 aromatic heterocycles. The first-order valence-corrected chi connectivity index (χ1v) is 5.35. The van der Waals surface area contributed by atoms with E-state index in [2.05, 4.69) is 48.2 Å². The molecule has 1 rings (SSSR count). The van der Waals surface area contributed by atoms with E-state index in [1.165, 1.54) is 0 Å². The van der Waals surface area contributed by atoms with Crippen molar-refractivity contribution in [2.75, 3.05) is 0 Å². The third-order valence-corrected chi connectivity index (χ3v) is 2.23. The van der Waals surface area contributed by atoms with Gasteiger partial charge in [0.25, 0.3) is 0 Å². The fraction of sp³-hybridized carbons (Fsp3) is 0.231. The van der Waals surface area contributed by atoms with Gasteiger partial charge in [-0.2, -0.15) is 0 Å². The number of allylic oxidation sites excluding steroid dienone is 1. The van der Waals surface area contributed by atoms with Crippen LogP contribution < -0.4 is 0 Å². The standard InChI is InChI=1S/C13H13Br/c1-10(2)4-5-11(3)12-6-8-13(14)9-7-12/h6-10H,3H2,1-2H3. The third kappa shape index (κ3) is 3.40. The van der Waals surface area contributed by atoms with Crippen LogP contribution >= 0.6 is 15.9 Å². The number of rotatable bonds is 1. The SMILES string of the molecule is C=C(C#CC(C)C)c1ccc(Br)cc1. The van der Waals surface area contributed by atoms with E-state index in [9.17, 15) is 0 Å². The Kier molecular flexibility index (Phi) is 3.98. The predicted molar refractivity (Wildman–Crippen MR) is 65.8 cm³/mol. The first kappa shape index (κ1) is 11.1. The zero-order valence-electron chi connectivity index (χ0n) is 8.47. The molecule has 0 radical (unpaired) electrons. The van der Waals surface area contributed by atoms with Gasteiger partial charge in [0.1, 0.15) is 0 Å². The molecular formula is C13H13Br. The normalized spacial score (nSPS) is 9.43. The second-order valence-electron chi connectivity index (χ2n) is 3.41. The summed E-state index contributed by atoms with van der Waals surface area (Å²) in [5.41, 5.74) is 1.97. The number of halogens is 1. The molecule has 72 valence electrons.